The van der Waals surface area contributed by atoms with E-state index in [1.165, 1.54) is 24.8 Å². The Morgan fingerprint density at radius 3 is 2.56 bits per heavy atom. The maximum absolute atomic E-state index is 13.2. The van der Waals surface area contributed by atoms with Gasteiger partial charge in [0.1, 0.15) is 5.82 Å². The van der Waals surface area contributed by atoms with Crippen LogP contribution in [0.4, 0.5) is 4.39 Å². The lowest BCUT2D eigenvalue weighted by Gasteiger charge is -2.17. The van der Waals surface area contributed by atoms with Crippen LogP contribution in [0.5, 0.6) is 0 Å². The molecule has 0 aliphatic carbocycles. The quantitative estimate of drug-likeness (QED) is 0.729. The monoisotopic (exact) mass is 251 g/mol. The van der Waals surface area contributed by atoms with E-state index in [-0.39, 0.29) is 5.82 Å². The van der Waals surface area contributed by atoms with Crippen LogP contribution in [-0.4, -0.2) is 12.6 Å². The molecular weight excluding hydrogens is 225 g/mol. The van der Waals surface area contributed by atoms with Gasteiger partial charge in [-0.3, -0.25) is 0 Å². The van der Waals surface area contributed by atoms with E-state index in [9.17, 15) is 4.39 Å². The van der Waals surface area contributed by atoms with Crippen LogP contribution in [0.2, 0.25) is 0 Å². The SMILES string of the molecule is CCCNC(CCC)CCc1ccc(F)c(C)c1. The lowest BCUT2D eigenvalue weighted by atomic mass is 10.0. The molecule has 1 N–H and O–H groups in total. The molecule has 1 atom stereocenters. The second-order valence-electron chi connectivity index (χ2n) is 5.06. The van der Waals surface area contributed by atoms with E-state index in [0.29, 0.717) is 6.04 Å². The van der Waals surface area contributed by atoms with Gasteiger partial charge < -0.3 is 5.32 Å². The highest BCUT2D eigenvalue weighted by Gasteiger charge is 2.07. The fourth-order valence-electron chi connectivity index (χ4n) is 2.25. The summed E-state index contributed by atoms with van der Waals surface area (Å²) in [4.78, 5) is 0. The Bertz CT molecular complexity index is 349. The highest BCUT2D eigenvalue weighted by Crippen LogP contribution is 2.13. The second kappa shape index (κ2) is 8.25. The van der Waals surface area contributed by atoms with Crippen LogP contribution in [0.3, 0.4) is 0 Å². The molecule has 1 rings (SSSR count). The normalized spacial score (nSPS) is 12.7. The number of hydrogen-bond donors (Lipinski definition) is 1. The zero-order valence-corrected chi connectivity index (χ0v) is 11.9. The van der Waals surface area contributed by atoms with Crippen LogP contribution in [0.25, 0.3) is 0 Å². The molecule has 0 amide bonds. The van der Waals surface area contributed by atoms with Crippen molar-refractivity contribution in [2.45, 2.75) is 58.9 Å². The molecule has 0 aliphatic rings. The predicted octanol–water partition coefficient (Wildman–Crippen LogP) is 4.24. The van der Waals surface area contributed by atoms with Crippen molar-refractivity contribution < 1.29 is 4.39 Å². The number of rotatable bonds is 8. The Morgan fingerprint density at radius 1 is 1.17 bits per heavy atom. The topological polar surface area (TPSA) is 12.0 Å². The molecule has 0 spiro atoms. The van der Waals surface area contributed by atoms with Gasteiger partial charge in [-0.1, -0.05) is 32.4 Å². The predicted molar refractivity (Wildman–Crippen MR) is 76.4 cm³/mol. The Balaban J connectivity index is 2.47. The highest BCUT2D eigenvalue weighted by molar-refractivity contribution is 5.24. The molecule has 0 aliphatic heterocycles. The Hall–Kier alpha value is -0.890. The van der Waals surface area contributed by atoms with Gasteiger partial charge in [0.15, 0.2) is 0 Å². The fraction of sp³-hybridized carbons (Fsp3) is 0.625. The van der Waals surface area contributed by atoms with Crippen molar-refractivity contribution >= 4 is 0 Å². The molecule has 0 saturated carbocycles. The van der Waals surface area contributed by atoms with Crippen molar-refractivity contribution in [2.75, 3.05) is 6.54 Å². The summed E-state index contributed by atoms with van der Waals surface area (Å²) in [7, 11) is 0. The summed E-state index contributed by atoms with van der Waals surface area (Å²) in [6.45, 7) is 7.34. The molecule has 1 aromatic rings. The summed E-state index contributed by atoms with van der Waals surface area (Å²) in [5, 5.41) is 3.59. The summed E-state index contributed by atoms with van der Waals surface area (Å²) >= 11 is 0. The Labute approximate surface area is 111 Å². The first-order valence-corrected chi connectivity index (χ1v) is 7.15. The summed E-state index contributed by atoms with van der Waals surface area (Å²) < 4.78 is 13.2. The standard InChI is InChI=1S/C16H26FN/c1-4-6-15(18-11-5-2)9-7-14-8-10-16(17)13(3)12-14/h8,10,12,15,18H,4-7,9,11H2,1-3H3. The summed E-state index contributed by atoms with van der Waals surface area (Å²) in [6, 6.07) is 6.06. The average Bonchev–Trinajstić information content (AvgIpc) is 2.37. The van der Waals surface area contributed by atoms with Gasteiger partial charge in [-0.05, 0) is 56.3 Å². The number of halogens is 1. The van der Waals surface area contributed by atoms with E-state index in [1.54, 1.807) is 6.07 Å². The van der Waals surface area contributed by atoms with Crippen LogP contribution in [-0.2, 0) is 6.42 Å². The van der Waals surface area contributed by atoms with Gasteiger partial charge in [0.2, 0.25) is 0 Å². The van der Waals surface area contributed by atoms with E-state index in [4.69, 9.17) is 0 Å². The van der Waals surface area contributed by atoms with Crippen molar-refractivity contribution in [3.63, 3.8) is 0 Å². The van der Waals surface area contributed by atoms with E-state index in [0.717, 1.165) is 24.9 Å². The molecule has 0 aromatic heterocycles. The minimum absolute atomic E-state index is 0.104. The number of hydrogen-bond acceptors (Lipinski definition) is 1. The Kier molecular flexibility index (Phi) is 6.96. The third-order valence-corrected chi connectivity index (χ3v) is 3.32. The van der Waals surface area contributed by atoms with Gasteiger partial charge >= 0.3 is 0 Å². The second-order valence-corrected chi connectivity index (χ2v) is 5.06. The van der Waals surface area contributed by atoms with Gasteiger partial charge in [-0.15, -0.1) is 0 Å². The van der Waals surface area contributed by atoms with E-state index in [2.05, 4.69) is 19.2 Å². The molecule has 0 heterocycles. The number of aryl methyl sites for hydroxylation is 2. The zero-order chi connectivity index (χ0) is 13.4. The van der Waals surface area contributed by atoms with E-state index >= 15 is 0 Å². The molecule has 1 unspecified atom stereocenters. The minimum atomic E-state index is -0.104. The molecule has 0 radical (unpaired) electrons. The molecule has 0 bridgehead atoms. The van der Waals surface area contributed by atoms with Crippen LogP contribution in [0.15, 0.2) is 18.2 Å². The average molecular weight is 251 g/mol. The van der Waals surface area contributed by atoms with Gasteiger partial charge in [-0.2, -0.15) is 0 Å². The van der Waals surface area contributed by atoms with Crippen LogP contribution in [0.1, 0.15) is 50.7 Å². The van der Waals surface area contributed by atoms with Gasteiger partial charge in [-0.25, -0.2) is 4.39 Å². The van der Waals surface area contributed by atoms with Crippen molar-refractivity contribution in [3.05, 3.63) is 35.1 Å². The van der Waals surface area contributed by atoms with Crippen molar-refractivity contribution in [2.24, 2.45) is 0 Å². The molecule has 1 aromatic carbocycles. The summed E-state index contributed by atoms with van der Waals surface area (Å²) in [6.07, 6.45) is 5.78. The third-order valence-electron chi connectivity index (χ3n) is 3.32. The van der Waals surface area contributed by atoms with Crippen molar-refractivity contribution in [3.8, 4) is 0 Å². The Morgan fingerprint density at radius 2 is 1.94 bits per heavy atom. The lowest BCUT2D eigenvalue weighted by molar-refractivity contribution is 0.448. The lowest BCUT2D eigenvalue weighted by Crippen LogP contribution is -2.30. The minimum Gasteiger partial charge on any atom is -0.314 e. The van der Waals surface area contributed by atoms with Gasteiger partial charge in [0, 0.05) is 6.04 Å². The van der Waals surface area contributed by atoms with Gasteiger partial charge in [0.05, 0.1) is 0 Å². The molecule has 2 heteroatoms. The maximum atomic E-state index is 13.2. The molecule has 0 saturated heterocycles. The van der Waals surface area contributed by atoms with Crippen LogP contribution >= 0.6 is 0 Å². The molecular formula is C16H26FN. The first-order chi connectivity index (χ1) is 8.67. The first-order valence-electron chi connectivity index (χ1n) is 7.15. The fourth-order valence-corrected chi connectivity index (χ4v) is 2.25. The third kappa shape index (κ3) is 5.18. The molecule has 18 heavy (non-hydrogen) atoms. The molecule has 1 nitrogen and oxygen atoms in total. The number of benzene rings is 1. The van der Waals surface area contributed by atoms with Gasteiger partial charge in [0.25, 0.3) is 0 Å². The number of nitrogens with one attached hydrogen (secondary N) is 1. The van der Waals surface area contributed by atoms with Crippen LogP contribution < -0.4 is 5.32 Å². The molecule has 102 valence electrons. The zero-order valence-electron chi connectivity index (χ0n) is 11.9. The highest BCUT2D eigenvalue weighted by atomic mass is 19.1. The van der Waals surface area contributed by atoms with E-state index < -0.39 is 0 Å². The largest absolute Gasteiger partial charge is 0.314 e. The smallest absolute Gasteiger partial charge is 0.126 e. The first kappa shape index (κ1) is 15.2. The summed E-state index contributed by atoms with van der Waals surface area (Å²) in [5.41, 5.74) is 1.99. The molecule has 0 fully saturated rings. The van der Waals surface area contributed by atoms with Crippen molar-refractivity contribution in [1.82, 2.24) is 5.32 Å². The summed E-state index contributed by atoms with van der Waals surface area (Å²) in [5.74, 6) is -0.104. The van der Waals surface area contributed by atoms with Crippen molar-refractivity contribution in [1.29, 1.82) is 0 Å². The van der Waals surface area contributed by atoms with Crippen LogP contribution in [0, 0.1) is 12.7 Å². The maximum Gasteiger partial charge on any atom is 0.126 e. The van der Waals surface area contributed by atoms with E-state index in [1.807, 2.05) is 19.1 Å².